The van der Waals surface area contributed by atoms with Gasteiger partial charge in [-0.25, -0.2) is 0 Å². The summed E-state index contributed by atoms with van der Waals surface area (Å²) in [5.41, 5.74) is 0.698. The van der Waals surface area contributed by atoms with Gasteiger partial charge in [-0.15, -0.1) is 0 Å². The minimum Gasteiger partial charge on any atom is -0.493 e. The van der Waals surface area contributed by atoms with Crippen molar-refractivity contribution in [2.24, 2.45) is 5.92 Å². The Morgan fingerprint density at radius 3 is 2.52 bits per heavy atom. The van der Waals surface area contributed by atoms with E-state index in [2.05, 4.69) is 5.32 Å². The van der Waals surface area contributed by atoms with Crippen molar-refractivity contribution < 1.29 is 14.3 Å². The molecule has 5 nitrogen and oxygen atoms in total. The van der Waals surface area contributed by atoms with Gasteiger partial charge in [0.05, 0.1) is 13.0 Å². The van der Waals surface area contributed by atoms with Crippen LogP contribution in [-0.4, -0.2) is 36.4 Å². The fraction of sp³-hybridized carbons (Fsp3) is 0.333. The minimum atomic E-state index is -0.0893. The highest BCUT2D eigenvalue weighted by atomic mass is 35.5. The molecule has 1 aliphatic rings. The van der Waals surface area contributed by atoms with Gasteiger partial charge in [-0.1, -0.05) is 35.9 Å². The second-order valence-corrected chi connectivity index (χ2v) is 7.00. The second-order valence-electron chi connectivity index (χ2n) is 6.57. The standard InChI is InChI=1S/C21H23ClN2O3/c22-17-5-4-6-18(15-17)23-21(26)16-9-12-24(13-10-16)20(25)11-14-27-19-7-2-1-3-8-19/h1-8,15-16H,9-14H2,(H,23,26). The van der Waals surface area contributed by atoms with E-state index in [1.807, 2.05) is 41.3 Å². The Labute approximate surface area is 164 Å². The van der Waals surface area contributed by atoms with Gasteiger partial charge in [0, 0.05) is 29.7 Å². The Morgan fingerprint density at radius 1 is 1.07 bits per heavy atom. The Kier molecular flexibility index (Phi) is 6.71. The van der Waals surface area contributed by atoms with Gasteiger partial charge in [-0.05, 0) is 43.2 Å². The molecule has 0 saturated carbocycles. The largest absolute Gasteiger partial charge is 0.493 e. The molecule has 0 aromatic heterocycles. The molecule has 0 atom stereocenters. The van der Waals surface area contributed by atoms with E-state index < -0.39 is 0 Å². The highest BCUT2D eigenvalue weighted by molar-refractivity contribution is 6.30. The lowest BCUT2D eigenvalue weighted by Gasteiger charge is -2.31. The summed E-state index contributed by atoms with van der Waals surface area (Å²) in [6.45, 7) is 1.55. The molecular formula is C21H23ClN2O3. The van der Waals surface area contributed by atoms with Crippen LogP contribution in [0.1, 0.15) is 19.3 Å². The third-order valence-corrected chi connectivity index (χ3v) is 4.87. The number of nitrogens with zero attached hydrogens (tertiary/aromatic N) is 1. The number of halogens is 1. The van der Waals surface area contributed by atoms with Crippen LogP contribution in [0.3, 0.4) is 0 Å². The zero-order valence-electron chi connectivity index (χ0n) is 15.1. The predicted octanol–water partition coefficient (Wildman–Crippen LogP) is 3.99. The van der Waals surface area contributed by atoms with E-state index in [0.29, 0.717) is 49.7 Å². The first-order chi connectivity index (χ1) is 13.1. The Balaban J connectivity index is 1.40. The second kappa shape index (κ2) is 9.42. The van der Waals surface area contributed by atoms with Gasteiger partial charge >= 0.3 is 0 Å². The molecule has 2 aromatic carbocycles. The van der Waals surface area contributed by atoms with Gasteiger partial charge in [0.25, 0.3) is 0 Å². The van der Waals surface area contributed by atoms with Gasteiger partial charge in [-0.2, -0.15) is 0 Å². The smallest absolute Gasteiger partial charge is 0.227 e. The molecule has 1 heterocycles. The maximum atomic E-state index is 12.4. The van der Waals surface area contributed by atoms with Crippen LogP contribution in [0, 0.1) is 5.92 Å². The van der Waals surface area contributed by atoms with Crippen LogP contribution in [0.4, 0.5) is 5.69 Å². The lowest BCUT2D eigenvalue weighted by Crippen LogP contribution is -2.41. The fourth-order valence-electron chi connectivity index (χ4n) is 3.13. The van der Waals surface area contributed by atoms with Crippen molar-refractivity contribution in [3.63, 3.8) is 0 Å². The van der Waals surface area contributed by atoms with E-state index in [1.54, 1.807) is 18.2 Å². The lowest BCUT2D eigenvalue weighted by molar-refractivity contribution is -0.135. The average Bonchev–Trinajstić information content (AvgIpc) is 2.69. The van der Waals surface area contributed by atoms with Gasteiger partial charge in [0.15, 0.2) is 0 Å². The van der Waals surface area contributed by atoms with Crippen LogP contribution in [-0.2, 0) is 9.59 Å². The number of rotatable bonds is 6. The van der Waals surface area contributed by atoms with Crippen molar-refractivity contribution in [2.75, 3.05) is 25.0 Å². The van der Waals surface area contributed by atoms with Crippen LogP contribution < -0.4 is 10.1 Å². The molecule has 1 aliphatic heterocycles. The van der Waals surface area contributed by atoms with Crippen LogP contribution >= 0.6 is 11.6 Å². The maximum Gasteiger partial charge on any atom is 0.227 e. The van der Waals surface area contributed by atoms with Crippen molar-refractivity contribution in [3.05, 3.63) is 59.6 Å². The maximum absolute atomic E-state index is 12.4. The molecule has 1 N–H and O–H groups in total. The van der Waals surface area contributed by atoms with Crippen molar-refractivity contribution in [3.8, 4) is 5.75 Å². The number of benzene rings is 2. The number of para-hydroxylation sites is 1. The summed E-state index contributed by atoms with van der Waals surface area (Å²) < 4.78 is 5.58. The molecule has 0 radical (unpaired) electrons. The minimum absolute atomic E-state index is 0.0169. The van der Waals surface area contributed by atoms with Gasteiger partial charge in [-0.3, -0.25) is 9.59 Å². The topological polar surface area (TPSA) is 58.6 Å². The molecule has 6 heteroatoms. The summed E-state index contributed by atoms with van der Waals surface area (Å²) in [6, 6.07) is 16.6. The zero-order chi connectivity index (χ0) is 19.1. The van der Waals surface area contributed by atoms with Crippen LogP contribution in [0.5, 0.6) is 5.75 Å². The van der Waals surface area contributed by atoms with Gasteiger partial charge < -0.3 is 15.0 Å². The number of ether oxygens (including phenoxy) is 1. The molecule has 1 saturated heterocycles. The van der Waals surface area contributed by atoms with Crippen LogP contribution in [0.2, 0.25) is 5.02 Å². The Bertz CT molecular complexity index is 774. The van der Waals surface area contributed by atoms with E-state index in [9.17, 15) is 9.59 Å². The SMILES string of the molecule is O=C(Nc1cccc(Cl)c1)C1CCN(C(=O)CCOc2ccccc2)CC1. The number of piperidine rings is 1. The lowest BCUT2D eigenvalue weighted by atomic mass is 9.95. The zero-order valence-corrected chi connectivity index (χ0v) is 15.8. The van der Waals surface area contributed by atoms with Gasteiger partial charge in [0.1, 0.15) is 5.75 Å². The molecule has 27 heavy (non-hydrogen) atoms. The molecule has 0 unspecified atom stereocenters. The summed E-state index contributed by atoms with van der Waals surface area (Å²) in [7, 11) is 0. The molecule has 2 aromatic rings. The van der Waals surface area contributed by atoms with Crippen molar-refractivity contribution in [1.29, 1.82) is 0 Å². The first-order valence-corrected chi connectivity index (χ1v) is 9.51. The summed E-state index contributed by atoms with van der Waals surface area (Å²) in [6.07, 6.45) is 1.67. The fourth-order valence-corrected chi connectivity index (χ4v) is 3.32. The molecule has 0 bridgehead atoms. The molecular weight excluding hydrogens is 364 g/mol. The van der Waals surface area contributed by atoms with Gasteiger partial charge in [0.2, 0.25) is 11.8 Å². The third-order valence-electron chi connectivity index (χ3n) is 4.64. The first-order valence-electron chi connectivity index (χ1n) is 9.14. The number of likely N-dealkylation sites (tertiary alicyclic amines) is 1. The van der Waals surface area contributed by atoms with E-state index in [1.165, 1.54) is 0 Å². The number of carbonyl (C=O) groups excluding carboxylic acids is 2. The van der Waals surface area contributed by atoms with Crippen molar-refractivity contribution >= 4 is 29.1 Å². The Morgan fingerprint density at radius 2 is 1.81 bits per heavy atom. The Hall–Kier alpha value is -2.53. The van der Waals surface area contributed by atoms with Crippen molar-refractivity contribution in [2.45, 2.75) is 19.3 Å². The third kappa shape index (κ3) is 5.73. The van der Waals surface area contributed by atoms with E-state index in [-0.39, 0.29) is 17.7 Å². The number of carbonyl (C=O) groups is 2. The summed E-state index contributed by atoms with van der Waals surface area (Å²) in [4.78, 5) is 26.5. The summed E-state index contributed by atoms with van der Waals surface area (Å²) >= 11 is 5.94. The quantitative estimate of drug-likeness (QED) is 0.816. The van der Waals surface area contributed by atoms with Crippen LogP contribution in [0.15, 0.2) is 54.6 Å². The number of nitrogens with one attached hydrogen (secondary N) is 1. The van der Waals surface area contributed by atoms with E-state index in [0.717, 1.165) is 5.75 Å². The van der Waals surface area contributed by atoms with Crippen LogP contribution in [0.25, 0.3) is 0 Å². The molecule has 1 fully saturated rings. The number of hydrogen-bond acceptors (Lipinski definition) is 3. The predicted molar refractivity (Wildman–Crippen MR) is 106 cm³/mol. The molecule has 142 valence electrons. The monoisotopic (exact) mass is 386 g/mol. The molecule has 0 spiro atoms. The number of hydrogen-bond donors (Lipinski definition) is 1. The number of amides is 2. The highest BCUT2D eigenvalue weighted by Crippen LogP contribution is 2.21. The van der Waals surface area contributed by atoms with E-state index in [4.69, 9.17) is 16.3 Å². The summed E-state index contributed by atoms with van der Waals surface area (Å²) in [5, 5.41) is 3.49. The molecule has 3 rings (SSSR count). The normalized spacial score (nSPS) is 14.6. The average molecular weight is 387 g/mol. The summed E-state index contributed by atoms with van der Waals surface area (Å²) in [5.74, 6) is 0.728. The molecule has 2 amide bonds. The number of anilines is 1. The molecule has 0 aliphatic carbocycles. The van der Waals surface area contributed by atoms with Crippen molar-refractivity contribution in [1.82, 2.24) is 4.90 Å². The highest BCUT2D eigenvalue weighted by Gasteiger charge is 2.27. The van der Waals surface area contributed by atoms with E-state index >= 15 is 0 Å². The first kappa shape index (κ1) is 19.2.